The summed E-state index contributed by atoms with van der Waals surface area (Å²) in [7, 11) is 0. The van der Waals surface area contributed by atoms with Gasteiger partial charge in [0.1, 0.15) is 5.75 Å². The van der Waals surface area contributed by atoms with Gasteiger partial charge in [-0.05, 0) is 49.4 Å². The normalized spacial score (nSPS) is 11.2. The summed E-state index contributed by atoms with van der Waals surface area (Å²) in [6.45, 7) is 1.92. The minimum Gasteiger partial charge on any atom is -0.507 e. The number of nitrogens with zero attached hydrogens (tertiary/aromatic N) is 3. The lowest BCUT2D eigenvalue weighted by Gasteiger charge is -2.13. The molecule has 0 radical (unpaired) electrons. The Balaban J connectivity index is 1.57. The third-order valence-corrected chi connectivity index (χ3v) is 6.15. The number of amides is 1. The Morgan fingerprint density at radius 3 is 2.76 bits per heavy atom. The number of phenols is 1. The molecular weight excluding hydrogens is 504 g/mol. The molecule has 0 spiro atoms. The highest BCUT2D eigenvalue weighted by Gasteiger charge is 2.15. The van der Waals surface area contributed by atoms with Crippen LogP contribution in [0.25, 0.3) is 16.6 Å². The zero-order chi connectivity index (χ0) is 23.4. The molecule has 7 nitrogen and oxygen atoms in total. The van der Waals surface area contributed by atoms with Crippen LogP contribution in [-0.4, -0.2) is 32.5 Å². The van der Waals surface area contributed by atoms with Gasteiger partial charge in [0, 0.05) is 10.0 Å². The average molecular weight is 523 g/mol. The smallest absolute Gasteiger partial charge is 0.266 e. The second-order valence-corrected chi connectivity index (χ2v) is 9.03. The van der Waals surface area contributed by atoms with Gasteiger partial charge >= 0.3 is 0 Å². The summed E-state index contributed by atoms with van der Waals surface area (Å²) >= 11 is 4.47. The number of para-hydroxylation sites is 1. The first-order valence-corrected chi connectivity index (χ1v) is 11.7. The summed E-state index contributed by atoms with van der Waals surface area (Å²) in [5.74, 6) is -0.324. The van der Waals surface area contributed by atoms with Crippen molar-refractivity contribution in [3.63, 3.8) is 0 Å². The Bertz CT molecular complexity index is 1420. The number of phenolic OH excluding ortho intramolecular Hbond substituents is 1. The van der Waals surface area contributed by atoms with E-state index in [1.807, 2.05) is 49.4 Å². The van der Waals surface area contributed by atoms with Crippen molar-refractivity contribution in [3.8, 4) is 11.4 Å². The van der Waals surface area contributed by atoms with Crippen LogP contribution in [0.2, 0.25) is 0 Å². The van der Waals surface area contributed by atoms with E-state index in [4.69, 9.17) is 0 Å². The van der Waals surface area contributed by atoms with Crippen molar-refractivity contribution < 1.29 is 9.90 Å². The van der Waals surface area contributed by atoms with Crippen molar-refractivity contribution >= 4 is 50.7 Å². The zero-order valence-corrected chi connectivity index (χ0v) is 19.9. The summed E-state index contributed by atoms with van der Waals surface area (Å²) in [5, 5.41) is 14.7. The molecule has 0 bridgehead atoms. The number of carbonyl (C=O) groups is 1. The average Bonchev–Trinajstić information content (AvgIpc) is 2.81. The molecule has 166 valence electrons. The van der Waals surface area contributed by atoms with Gasteiger partial charge in [-0.2, -0.15) is 5.10 Å². The van der Waals surface area contributed by atoms with Crippen LogP contribution < -0.4 is 11.0 Å². The predicted molar refractivity (Wildman–Crippen MR) is 134 cm³/mol. The highest BCUT2D eigenvalue weighted by Crippen LogP contribution is 2.22. The molecule has 0 aliphatic rings. The van der Waals surface area contributed by atoms with Gasteiger partial charge in [-0.25, -0.2) is 10.4 Å². The number of hydrazone groups is 1. The van der Waals surface area contributed by atoms with Gasteiger partial charge in [0.2, 0.25) is 0 Å². The van der Waals surface area contributed by atoms with E-state index < -0.39 is 0 Å². The number of benzene rings is 3. The lowest BCUT2D eigenvalue weighted by atomic mass is 10.1. The van der Waals surface area contributed by atoms with Gasteiger partial charge in [-0.15, -0.1) is 0 Å². The Hall–Kier alpha value is -3.43. The van der Waals surface area contributed by atoms with Crippen LogP contribution in [0.15, 0.2) is 86.3 Å². The molecule has 4 rings (SSSR count). The number of nitrogens with one attached hydrogen (secondary N) is 1. The Morgan fingerprint density at radius 2 is 1.97 bits per heavy atom. The highest BCUT2D eigenvalue weighted by molar-refractivity contribution is 9.10. The third kappa shape index (κ3) is 5.32. The van der Waals surface area contributed by atoms with Crippen molar-refractivity contribution in [2.45, 2.75) is 12.1 Å². The standard InChI is InChI=1S/C24H19BrN4O3S/c1-15-7-9-20-19(11-15)23(32)29(18-5-3-2-4-6-18)24(27-20)33-14-22(31)28-26-13-16-12-17(25)8-10-21(16)30/h2-13,30H,14H2,1H3,(H,28,31)/b26-13+. The second-order valence-electron chi connectivity index (χ2n) is 7.18. The number of thioether (sulfide) groups is 1. The first kappa shape index (κ1) is 22.8. The van der Waals surface area contributed by atoms with E-state index >= 15 is 0 Å². The lowest BCUT2D eigenvalue weighted by Crippen LogP contribution is -2.24. The third-order valence-electron chi connectivity index (χ3n) is 4.72. The molecule has 0 atom stereocenters. The summed E-state index contributed by atoms with van der Waals surface area (Å²) in [5.41, 5.74) is 4.91. The van der Waals surface area contributed by atoms with E-state index in [0.29, 0.717) is 27.3 Å². The van der Waals surface area contributed by atoms with Crippen LogP contribution in [-0.2, 0) is 4.79 Å². The monoisotopic (exact) mass is 522 g/mol. The molecule has 0 aliphatic heterocycles. The fourth-order valence-corrected chi connectivity index (χ4v) is 4.33. The molecule has 33 heavy (non-hydrogen) atoms. The summed E-state index contributed by atoms with van der Waals surface area (Å²) in [4.78, 5) is 30.3. The molecule has 1 heterocycles. The molecular formula is C24H19BrN4O3S. The van der Waals surface area contributed by atoms with Crippen molar-refractivity contribution in [2.75, 3.05) is 5.75 Å². The van der Waals surface area contributed by atoms with Crippen molar-refractivity contribution in [3.05, 3.63) is 92.7 Å². The van der Waals surface area contributed by atoms with Crippen LogP contribution in [0.1, 0.15) is 11.1 Å². The van der Waals surface area contributed by atoms with Crippen LogP contribution in [0.4, 0.5) is 0 Å². The summed E-state index contributed by atoms with van der Waals surface area (Å²) in [6.07, 6.45) is 1.36. The fraction of sp³-hybridized carbons (Fsp3) is 0.0833. The van der Waals surface area contributed by atoms with Crippen LogP contribution in [0.5, 0.6) is 5.75 Å². The van der Waals surface area contributed by atoms with E-state index in [2.05, 4.69) is 31.4 Å². The molecule has 0 saturated heterocycles. The van der Waals surface area contributed by atoms with Crippen LogP contribution >= 0.6 is 27.7 Å². The molecule has 0 saturated carbocycles. The summed E-state index contributed by atoms with van der Waals surface area (Å²) < 4.78 is 2.29. The number of aromatic nitrogens is 2. The van der Waals surface area contributed by atoms with E-state index in [9.17, 15) is 14.7 Å². The molecule has 1 aromatic heterocycles. The number of hydrogen-bond acceptors (Lipinski definition) is 6. The number of carbonyl (C=O) groups excluding carboxylic acids is 1. The van der Waals surface area contributed by atoms with Gasteiger partial charge < -0.3 is 5.11 Å². The minimum atomic E-state index is -0.372. The Labute approximate surface area is 202 Å². The summed E-state index contributed by atoms with van der Waals surface area (Å²) in [6, 6.07) is 19.6. The molecule has 0 fully saturated rings. The minimum absolute atomic E-state index is 0.00154. The van der Waals surface area contributed by atoms with E-state index in [1.165, 1.54) is 16.8 Å². The number of hydrogen-bond donors (Lipinski definition) is 2. The number of rotatable bonds is 6. The molecule has 0 unspecified atom stereocenters. The quantitative estimate of drug-likeness (QED) is 0.169. The largest absolute Gasteiger partial charge is 0.507 e. The maximum atomic E-state index is 13.3. The second kappa shape index (κ2) is 10.0. The Morgan fingerprint density at radius 1 is 1.18 bits per heavy atom. The fourth-order valence-electron chi connectivity index (χ4n) is 3.15. The Kier molecular flexibility index (Phi) is 6.90. The molecule has 0 aliphatic carbocycles. The molecule has 1 amide bonds. The van der Waals surface area contributed by atoms with Crippen molar-refractivity contribution in [1.82, 2.24) is 15.0 Å². The number of halogens is 1. The van der Waals surface area contributed by atoms with Gasteiger partial charge in [-0.1, -0.05) is 57.5 Å². The lowest BCUT2D eigenvalue weighted by molar-refractivity contribution is -0.118. The van der Waals surface area contributed by atoms with Crippen LogP contribution in [0.3, 0.4) is 0 Å². The van der Waals surface area contributed by atoms with Gasteiger partial charge in [0.25, 0.3) is 11.5 Å². The topological polar surface area (TPSA) is 96.6 Å². The highest BCUT2D eigenvalue weighted by atomic mass is 79.9. The predicted octanol–water partition coefficient (Wildman–Crippen LogP) is 4.40. The van der Waals surface area contributed by atoms with Crippen LogP contribution in [0, 0.1) is 6.92 Å². The molecule has 4 aromatic rings. The first-order valence-electron chi connectivity index (χ1n) is 9.94. The number of aromatic hydroxyl groups is 1. The van der Waals surface area contributed by atoms with Crippen molar-refractivity contribution in [1.29, 1.82) is 0 Å². The van der Waals surface area contributed by atoms with E-state index in [-0.39, 0.29) is 23.0 Å². The van der Waals surface area contributed by atoms with E-state index in [0.717, 1.165) is 21.8 Å². The number of aryl methyl sites for hydroxylation is 1. The molecule has 9 heteroatoms. The van der Waals surface area contributed by atoms with E-state index in [1.54, 1.807) is 18.2 Å². The molecule has 2 N–H and O–H groups in total. The zero-order valence-electron chi connectivity index (χ0n) is 17.5. The molecule has 3 aromatic carbocycles. The van der Waals surface area contributed by atoms with Crippen molar-refractivity contribution in [2.24, 2.45) is 5.10 Å². The first-order chi connectivity index (χ1) is 15.9. The van der Waals surface area contributed by atoms with Gasteiger partial charge in [0.15, 0.2) is 5.16 Å². The maximum absolute atomic E-state index is 13.3. The van der Waals surface area contributed by atoms with Gasteiger partial charge in [-0.3, -0.25) is 14.2 Å². The SMILES string of the molecule is Cc1ccc2nc(SCC(=O)N/N=C/c3cc(Br)ccc3O)n(-c3ccccc3)c(=O)c2c1. The number of fused-ring (bicyclic) bond motifs is 1. The van der Waals surface area contributed by atoms with Gasteiger partial charge in [0.05, 0.1) is 28.6 Å². The maximum Gasteiger partial charge on any atom is 0.266 e.